The molecule has 1 aliphatic carbocycles. The summed E-state index contributed by atoms with van der Waals surface area (Å²) in [6.07, 6.45) is 8.40. The lowest BCUT2D eigenvalue weighted by molar-refractivity contribution is 0.171. The van der Waals surface area contributed by atoms with Crippen molar-refractivity contribution < 1.29 is 0 Å². The van der Waals surface area contributed by atoms with Crippen LogP contribution in [0.2, 0.25) is 0 Å². The molecule has 116 valence electrons. The van der Waals surface area contributed by atoms with E-state index >= 15 is 0 Å². The maximum absolute atomic E-state index is 9.51. The van der Waals surface area contributed by atoms with E-state index in [-0.39, 0.29) is 5.54 Å². The van der Waals surface area contributed by atoms with Gasteiger partial charge in [-0.3, -0.25) is 5.32 Å². The molecule has 0 saturated heterocycles. The minimum absolute atomic E-state index is 0.364. The molecular weight excluding hydrogens is 246 g/mol. The molecule has 2 atom stereocenters. The van der Waals surface area contributed by atoms with E-state index in [4.69, 9.17) is 0 Å². The lowest BCUT2D eigenvalue weighted by Crippen LogP contribution is -2.48. The third kappa shape index (κ3) is 6.24. The average Bonchev–Trinajstić information content (AvgIpc) is 3.22. The first-order valence-corrected chi connectivity index (χ1v) is 8.47. The van der Waals surface area contributed by atoms with Gasteiger partial charge in [-0.2, -0.15) is 5.26 Å². The third-order valence-corrected chi connectivity index (χ3v) is 4.27. The van der Waals surface area contributed by atoms with Crippen LogP contribution in [0.25, 0.3) is 0 Å². The molecule has 0 aromatic rings. The van der Waals surface area contributed by atoms with Crippen molar-refractivity contribution in [3.63, 3.8) is 0 Å². The molecule has 0 aromatic carbocycles. The van der Waals surface area contributed by atoms with Gasteiger partial charge in [-0.15, -0.1) is 0 Å². The van der Waals surface area contributed by atoms with Gasteiger partial charge in [0.25, 0.3) is 0 Å². The van der Waals surface area contributed by atoms with Crippen LogP contribution >= 0.6 is 0 Å². The van der Waals surface area contributed by atoms with E-state index < -0.39 is 0 Å². The number of nitrogens with zero attached hydrogens (tertiary/aromatic N) is 2. The number of nitriles is 1. The largest absolute Gasteiger partial charge is 0.301 e. The van der Waals surface area contributed by atoms with E-state index in [0.29, 0.717) is 12.1 Å². The standard InChI is InChI=1S/C17H33N3/c1-5-7-11-20(12-8-6-2)15(3)13-17(4,14-18)19-16-9-10-16/h15-16,19H,5-13H2,1-4H3. The second kappa shape index (κ2) is 8.64. The van der Waals surface area contributed by atoms with Crippen molar-refractivity contribution in [1.82, 2.24) is 10.2 Å². The Labute approximate surface area is 125 Å². The maximum Gasteiger partial charge on any atom is 0.105 e. The summed E-state index contributed by atoms with van der Waals surface area (Å²) in [6.45, 7) is 11.2. The van der Waals surface area contributed by atoms with Crippen LogP contribution in [0.5, 0.6) is 0 Å². The van der Waals surface area contributed by atoms with Crippen molar-refractivity contribution in [2.45, 2.75) is 90.3 Å². The van der Waals surface area contributed by atoms with Crippen LogP contribution in [0.15, 0.2) is 0 Å². The van der Waals surface area contributed by atoms with Crippen LogP contribution in [-0.2, 0) is 0 Å². The topological polar surface area (TPSA) is 39.1 Å². The summed E-state index contributed by atoms with van der Waals surface area (Å²) < 4.78 is 0. The van der Waals surface area contributed by atoms with E-state index in [0.717, 1.165) is 6.42 Å². The lowest BCUT2D eigenvalue weighted by Gasteiger charge is -2.34. The Kier molecular flexibility index (Phi) is 7.55. The van der Waals surface area contributed by atoms with Crippen LogP contribution in [0, 0.1) is 11.3 Å². The number of hydrogen-bond acceptors (Lipinski definition) is 3. The van der Waals surface area contributed by atoms with Gasteiger partial charge in [-0.25, -0.2) is 0 Å². The van der Waals surface area contributed by atoms with Gasteiger partial charge in [0.1, 0.15) is 5.54 Å². The molecule has 1 aliphatic rings. The Hall–Kier alpha value is -0.590. The van der Waals surface area contributed by atoms with Crippen molar-refractivity contribution in [1.29, 1.82) is 5.26 Å². The zero-order chi connectivity index (χ0) is 15.0. The number of rotatable bonds is 11. The molecule has 0 aromatic heterocycles. The first-order valence-electron chi connectivity index (χ1n) is 8.47. The highest BCUT2D eigenvalue weighted by atomic mass is 15.2. The lowest BCUT2D eigenvalue weighted by atomic mass is 9.94. The van der Waals surface area contributed by atoms with Crippen LogP contribution in [-0.4, -0.2) is 35.6 Å². The minimum Gasteiger partial charge on any atom is -0.301 e. The molecular formula is C17H33N3. The summed E-state index contributed by atoms with van der Waals surface area (Å²) in [5, 5.41) is 13.0. The Morgan fingerprint density at radius 2 is 1.80 bits per heavy atom. The third-order valence-electron chi connectivity index (χ3n) is 4.27. The molecule has 1 rings (SSSR count). The molecule has 1 saturated carbocycles. The average molecular weight is 279 g/mol. The van der Waals surface area contributed by atoms with Gasteiger partial charge in [0.15, 0.2) is 0 Å². The molecule has 3 nitrogen and oxygen atoms in total. The van der Waals surface area contributed by atoms with Crippen molar-refractivity contribution in [3.8, 4) is 6.07 Å². The van der Waals surface area contributed by atoms with Crippen LogP contribution < -0.4 is 5.32 Å². The maximum atomic E-state index is 9.51. The fourth-order valence-corrected chi connectivity index (χ4v) is 2.81. The highest BCUT2D eigenvalue weighted by molar-refractivity contribution is 5.08. The predicted molar refractivity (Wildman–Crippen MR) is 85.6 cm³/mol. The summed E-state index contributed by atoms with van der Waals surface area (Å²) in [7, 11) is 0. The monoisotopic (exact) mass is 279 g/mol. The van der Waals surface area contributed by atoms with Gasteiger partial charge < -0.3 is 4.90 Å². The quantitative estimate of drug-likeness (QED) is 0.627. The van der Waals surface area contributed by atoms with Gasteiger partial charge >= 0.3 is 0 Å². The van der Waals surface area contributed by atoms with Gasteiger partial charge in [0.2, 0.25) is 0 Å². The van der Waals surface area contributed by atoms with Gasteiger partial charge in [0.05, 0.1) is 6.07 Å². The first-order chi connectivity index (χ1) is 9.54. The molecule has 1 N–H and O–H groups in total. The first kappa shape index (κ1) is 17.5. The van der Waals surface area contributed by atoms with E-state index in [9.17, 15) is 5.26 Å². The van der Waals surface area contributed by atoms with E-state index in [1.807, 2.05) is 0 Å². The van der Waals surface area contributed by atoms with Crippen LogP contribution in [0.3, 0.4) is 0 Å². The molecule has 0 bridgehead atoms. The Morgan fingerprint density at radius 3 is 2.20 bits per heavy atom. The van der Waals surface area contributed by atoms with Crippen molar-refractivity contribution in [2.75, 3.05) is 13.1 Å². The van der Waals surface area contributed by atoms with Gasteiger partial charge in [-0.1, -0.05) is 26.7 Å². The Bertz CT molecular complexity index is 298. The SMILES string of the molecule is CCCCN(CCCC)C(C)CC(C)(C#N)NC1CC1. The molecule has 0 radical (unpaired) electrons. The molecule has 0 aliphatic heterocycles. The number of nitrogens with one attached hydrogen (secondary N) is 1. The zero-order valence-corrected chi connectivity index (χ0v) is 13.9. The van der Waals surface area contributed by atoms with E-state index in [2.05, 4.69) is 44.0 Å². The Balaban J connectivity index is 2.52. The zero-order valence-electron chi connectivity index (χ0n) is 13.9. The molecule has 1 fully saturated rings. The fraction of sp³-hybridized carbons (Fsp3) is 0.941. The molecule has 0 amide bonds. The van der Waals surface area contributed by atoms with E-state index in [1.165, 1.54) is 51.6 Å². The highest BCUT2D eigenvalue weighted by Crippen LogP contribution is 2.25. The number of unbranched alkanes of at least 4 members (excludes halogenated alkanes) is 2. The predicted octanol–water partition coefficient (Wildman–Crippen LogP) is 3.70. The van der Waals surface area contributed by atoms with E-state index in [1.54, 1.807) is 0 Å². The van der Waals surface area contributed by atoms with Crippen molar-refractivity contribution >= 4 is 0 Å². The molecule has 3 heteroatoms. The van der Waals surface area contributed by atoms with Crippen molar-refractivity contribution in [2.24, 2.45) is 0 Å². The minimum atomic E-state index is -0.364. The summed E-state index contributed by atoms with van der Waals surface area (Å²) >= 11 is 0. The van der Waals surface area contributed by atoms with Gasteiger partial charge in [-0.05, 0) is 59.0 Å². The normalized spacial score (nSPS) is 19.6. The second-order valence-corrected chi connectivity index (χ2v) is 6.66. The molecule has 2 unspecified atom stereocenters. The smallest absolute Gasteiger partial charge is 0.105 e. The second-order valence-electron chi connectivity index (χ2n) is 6.66. The fourth-order valence-electron chi connectivity index (χ4n) is 2.81. The summed E-state index contributed by atoms with van der Waals surface area (Å²) in [4.78, 5) is 2.58. The summed E-state index contributed by atoms with van der Waals surface area (Å²) in [6, 6.07) is 3.58. The Morgan fingerprint density at radius 1 is 1.25 bits per heavy atom. The molecule has 20 heavy (non-hydrogen) atoms. The van der Waals surface area contributed by atoms with Crippen LogP contribution in [0.4, 0.5) is 0 Å². The molecule has 0 spiro atoms. The molecule has 0 heterocycles. The highest BCUT2D eigenvalue weighted by Gasteiger charge is 2.34. The summed E-state index contributed by atoms with van der Waals surface area (Å²) in [5.41, 5.74) is -0.364. The number of hydrogen-bond donors (Lipinski definition) is 1. The summed E-state index contributed by atoms with van der Waals surface area (Å²) in [5.74, 6) is 0. The van der Waals surface area contributed by atoms with Crippen LogP contribution in [0.1, 0.15) is 72.6 Å². The van der Waals surface area contributed by atoms with Gasteiger partial charge in [0, 0.05) is 12.1 Å². The van der Waals surface area contributed by atoms with Crippen molar-refractivity contribution in [3.05, 3.63) is 0 Å².